The monoisotopic (exact) mass is 234 g/mol. The van der Waals surface area contributed by atoms with Crippen molar-refractivity contribution < 1.29 is 0 Å². The quantitative estimate of drug-likeness (QED) is 0.847. The van der Waals surface area contributed by atoms with Gasteiger partial charge in [-0.2, -0.15) is 0 Å². The van der Waals surface area contributed by atoms with Gasteiger partial charge in [-0.15, -0.1) is 0 Å². The number of hydrogen-bond donors (Lipinski definition) is 1. The third-order valence-electron chi connectivity index (χ3n) is 2.99. The molecule has 2 N–H and O–H groups in total. The molecular formula is C15H26N2. The van der Waals surface area contributed by atoms with Crippen LogP contribution in [0.15, 0.2) is 30.3 Å². The maximum Gasteiger partial charge on any atom is 0.0417 e. The number of nitrogens with two attached hydrogens (primary N) is 1. The van der Waals surface area contributed by atoms with Gasteiger partial charge in [0, 0.05) is 24.8 Å². The number of para-hydroxylation sites is 1. The molecule has 0 aliphatic carbocycles. The van der Waals surface area contributed by atoms with Crippen LogP contribution in [-0.4, -0.2) is 19.1 Å². The van der Waals surface area contributed by atoms with E-state index in [0.717, 1.165) is 13.0 Å². The van der Waals surface area contributed by atoms with Crippen molar-refractivity contribution >= 4 is 5.69 Å². The van der Waals surface area contributed by atoms with Crippen LogP contribution in [0.2, 0.25) is 0 Å². The Bertz CT molecular complexity index is 313. The summed E-state index contributed by atoms with van der Waals surface area (Å²) in [7, 11) is 0. The summed E-state index contributed by atoms with van der Waals surface area (Å²) in [5.74, 6) is 0. The van der Waals surface area contributed by atoms with Gasteiger partial charge in [0.15, 0.2) is 0 Å². The van der Waals surface area contributed by atoms with E-state index in [0.29, 0.717) is 18.0 Å². The minimum atomic E-state index is 0.312. The van der Waals surface area contributed by atoms with Gasteiger partial charge in [0.2, 0.25) is 0 Å². The first kappa shape index (κ1) is 14.0. The molecule has 0 aliphatic heterocycles. The lowest BCUT2D eigenvalue weighted by atomic mass is 9.87. The van der Waals surface area contributed by atoms with Crippen molar-refractivity contribution in [2.45, 2.75) is 40.2 Å². The molecular weight excluding hydrogens is 208 g/mol. The zero-order valence-electron chi connectivity index (χ0n) is 11.6. The van der Waals surface area contributed by atoms with Crippen molar-refractivity contribution in [3.05, 3.63) is 30.3 Å². The van der Waals surface area contributed by atoms with Crippen molar-refractivity contribution in [1.82, 2.24) is 0 Å². The lowest BCUT2D eigenvalue weighted by Crippen LogP contribution is -2.43. The second kappa shape index (κ2) is 6.06. The summed E-state index contributed by atoms with van der Waals surface area (Å²) < 4.78 is 0. The second-order valence-corrected chi connectivity index (χ2v) is 5.78. The van der Waals surface area contributed by atoms with Crippen molar-refractivity contribution in [1.29, 1.82) is 0 Å². The summed E-state index contributed by atoms with van der Waals surface area (Å²) >= 11 is 0. The molecule has 1 aromatic rings. The van der Waals surface area contributed by atoms with E-state index in [1.165, 1.54) is 5.69 Å². The van der Waals surface area contributed by atoms with Crippen LogP contribution in [-0.2, 0) is 0 Å². The number of likely N-dealkylation sites (N-methyl/N-ethyl adjacent to an activating group) is 1. The molecule has 0 saturated carbocycles. The van der Waals surface area contributed by atoms with E-state index >= 15 is 0 Å². The third kappa shape index (κ3) is 4.39. The molecule has 0 saturated heterocycles. The molecule has 0 aromatic heterocycles. The summed E-state index contributed by atoms with van der Waals surface area (Å²) in [4.78, 5) is 2.41. The Hall–Kier alpha value is -1.02. The number of rotatable bonds is 5. The largest absolute Gasteiger partial charge is 0.368 e. The highest BCUT2D eigenvalue weighted by molar-refractivity contribution is 5.47. The lowest BCUT2D eigenvalue weighted by molar-refractivity contribution is 0.333. The molecule has 1 unspecified atom stereocenters. The number of hydrogen-bond acceptors (Lipinski definition) is 2. The third-order valence-corrected chi connectivity index (χ3v) is 2.99. The molecule has 2 heteroatoms. The van der Waals surface area contributed by atoms with Crippen LogP contribution in [0.3, 0.4) is 0 Å². The fourth-order valence-electron chi connectivity index (χ4n) is 2.30. The molecule has 0 amide bonds. The van der Waals surface area contributed by atoms with Gasteiger partial charge < -0.3 is 10.6 Å². The first-order valence-corrected chi connectivity index (χ1v) is 6.49. The van der Waals surface area contributed by atoms with Crippen LogP contribution in [0.25, 0.3) is 0 Å². The van der Waals surface area contributed by atoms with Crippen LogP contribution >= 0.6 is 0 Å². The Morgan fingerprint density at radius 2 is 1.76 bits per heavy atom. The van der Waals surface area contributed by atoms with Crippen molar-refractivity contribution in [3.8, 4) is 0 Å². The lowest BCUT2D eigenvalue weighted by Gasteiger charge is -2.36. The smallest absolute Gasteiger partial charge is 0.0417 e. The minimum Gasteiger partial charge on any atom is -0.368 e. The predicted octanol–water partition coefficient (Wildman–Crippen LogP) is 3.28. The van der Waals surface area contributed by atoms with Gasteiger partial charge in [-0.3, -0.25) is 0 Å². The maximum atomic E-state index is 5.95. The highest BCUT2D eigenvalue weighted by Crippen LogP contribution is 2.26. The molecule has 17 heavy (non-hydrogen) atoms. The van der Waals surface area contributed by atoms with E-state index in [2.05, 4.69) is 62.9 Å². The highest BCUT2D eigenvalue weighted by Gasteiger charge is 2.22. The Morgan fingerprint density at radius 3 is 2.18 bits per heavy atom. The van der Waals surface area contributed by atoms with E-state index in [-0.39, 0.29) is 0 Å². The number of nitrogens with zero attached hydrogens (tertiary/aromatic N) is 1. The predicted molar refractivity (Wildman–Crippen MR) is 76.4 cm³/mol. The van der Waals surface area contributed by atoms with E-state index in [1.54, 1.807) is 0 Å². The molecule has 1 atom stereocenters. The molecule has 1 rings (SSSR count). The summed E-state index contributed by atoms with van der Waals surface area (Å²) in [6.07, 6.45) is 1.12. The van der Waals surface area contributed by atoms with Gasteiger partial charge in [0.25, 0.3) is 0 Å². The Morgan fingerprint density at radius 1 is 1.18 bits per heavy atom. The SMILES string of the molecule is CCN(c1ccccc1)C(CN)CC(C)(C)C. The fourth-order valence-corrected chi connectivity index (χ4v) is 2.30. The first-order chi connectivity index (χ1) is 7.98. The minimum absolute atomic E-state index is 0.312. The van der Waals surface area contributed by atoms with Gasteiger partial charge >= 0.3 is 0 Å². The Labute approximate surface area is 106 Å². The highest BCUT2D eigenvalue weighted by atomic mass is 15.2. The molecule has 2 nitrogen and oxygen atoms in total. The van der Waals surface area contributed by atoms with Crippen molar-refractivity contribution in [3.63, 3.8) is 0 Å². The standard InChI is InChI=1S/C15H26N2/c1-5-17(13-9-7-6-8-10-13)14(12-16)11-15(2,3)4/h6-10,14H,5,11-12,16H2,1-4H3. The topological polar surface area (TPSA) is 29.3 Å². The Kier molecular flexibility index (Phi) is 5.01. The zero-order chi connectivity index (χ0) is 12.9. The van der Waals surface area contributed by atoms with Gasteiger partial charge in [0.1, 0.15) is 0 Å². The Balaban J connectivity index is 2.84. The number of anilines is 1. The molecule has 0 aliphatic rings. The van der Waals surface area contributed by atoms with Gasteiger partial charge in [-0.05, 0) is 30.9 Å². The van der Waals surface area contributed by atoms with Crippen LogP contribution in [0.5, 0.6) is 0 Å². The normalized spacial score (nSPS) is 13.5. The van der Waals surface area contributed by atoms with Crippen LogP contribution in [0, 0.1) is 5.41 Å². The molecule has 0 bridgehead atoms. The van der Waals surface area contributed by atoms with E-state index in [4.69, 9.17) is 5.73 Å². The average Bonchev–Trinajstić information content (AvgIpc) is 2.28. The van der Waals surface area contributed by atoms with Gasteiger partial charge in [0.05, 0.1) is 0 Å². The molecule has 0 fully saturated rings. The van der Waals surface area contributed by atoms with Crippen LogP contribution < -0.4 is 10.6 Å². The molecule has 1 aromatic carbocycles. The van der Waals surface area contributed by atoms with Crippen LogP contribution in [0.4, 0.5) is 5.69 Å². The molecule has 0 heterocycles. The molecule has 0 radical (unpaired) electrons. The van der Waals surface area contributed by atoms with E-state index < -0.39 is 0 Å². The summed E-state index contributed by atoms with van der Waals surface area (Å²) in [6.45, 7) is 10.7. The average molecular weight is 234 g/mol. The number of benzene rings is 1. The summed E-state index contributed by atoms with van der Waals surface area (Å²) in [5, 5.41) is 0. The van der Waals surface area contributed by atoms with E-state index in [1.807, 2.05) is 0 Å². The van der Waals surface area contributed by atoms with E-state index in [9.17, 15) is 0 Å². The summed E-state index contributed by atoms with van der Waals surface area (Å²) in [6, 6.07) is 11.0. The van der Waals surface area contributed by atoms with Gasteiger partial charge in [-0.25, -0.2) is 0 Å². The van der Waals surface area contributed by atoms with Crippen molar-refractivity contribution in [2.24, 2.45) is 11.1 Å². The fraction of sp³-hybridized carbons (Fsp3) is 0.600. The molecule has 96 valence electrons. The van der Waals surface area contributed by atoms with Gasteiger partial charge in [-0.1, -0.05) is 39.0 Å². The zero-order valence-corrected chi connectivity index (χ0v) is 11.6. The molecule has 0 spiro atoms. The summed E-state index contributed by atoms with van der Waals surface area (Å²) in [5.41, 5.74) is 7.54. The maximum absolute atomic E-state index is 5.95. The van der Waals surface area contributed by atoms with Crippen molar-refractivity contribution in [2.75, 3.05) is 18.0 Å². The second-order valence-electron chi connectivity index (χ2n) is 5.78. The first-order valence-electron chi connectivity index (χ1n) is 6.49. The van der Waals surface area contributed by atoms with Crippen LogP contribution in [0.1, 0.15) is 34.1 Å².